The fraction of sp³-hybridized carbons (Fsp3) is 0.500. The number of hydrogen-bond acceptors (Lipinski definition) is 6. The SMILES string of the molecule is Cc1cc(C)c(NC(=O)CN(C)c2nc(C(C)C)nc(N(C)C)n2)c(C)c1. The van der Waals surface area contributed by atoms with Crippen LogP contribution < -0.4 is 15.1 Å². The standard InChI is InChI=1S/C20H30N6O/c1-12(2)18-22-19(25(6)7)24-20(23-18)26(8)11-16(27)21-17-14(4)9-13(3)10-15(17)5/h9-10,12H,11H2,1-8H3,(H,21,27). The maximum Gasteiger partial charge on any atom is 0.244 e. The number of carbonyl (C=O) groups is 1. The van der Waals surface area contributed by atoms with Crippen LogP contribution in [0.5, 0.6) is 0 Å². The molecule has 0 aliphatic carbocycles. The van der Waals surface area contributed by atoms with Gasteiger partial charge in [0.2, 0.25) is 17.8 Å². The summed E-state index contributed by atoms with van der Waals surface area (Å²) in [6, 6.07) is 4.13. The zero-order valence-electron chi connectivity index (χ0n) is 17.6. The number of likely N-dealkylation sites (N-methyl/N-ethyl adjacent to an activating group) is 1. The zero-order valence-corrected chi connectivity index (χ0v) is 17.6. The van der Waals surface area contributed by atoms with E-state index in [-0.39, 0.29) is 18.4 Å². The first kappa shape index (κ1) is 20.6. The Morgan fingerprint density at radius 1 is 1.00 bits per heavy atom. The molecular weight excluding hydrogens is 340 g/mol. The van der Waals surface area contributed by atoms with Crippen LogP contribution in [0.2, 0.25) is 0 Å². The average molecular weight is 371 g/mol. The normalized spacial score (nSPS) is 10.9. The molecule has 27 heavy (non-hydrogen) atoms. The minimum atomic E-state index is -0.106. The van der Waals surface area contributed by atoms with E-state index in [0.717, 1.165) is 16.8 Å². The number of carbonyl (C=O) groups excluding carboxylic acids is 1. The van der Waals surface area contributed by atoms with Gasteiger partial charge >= 0.3 is 0 Å². The average Bonchev–Trinajstić information content (AvgIpc) is 2.57. The van der Waals surface area contributed by atoms with E-state index in [4.69, 9.17) is 0 Å². The van der Waals surface area contributed by atoms with Gasteiger partial charge in [0.1, 0.15) is 5.82 Å². The molecular formula is C20H30N6O. The molecule has 0 unspecified atom stereocenters. The minimum absolute atomic E-state index is 0.106. The van der Waals surface area contributed by atoms with Crippen LogP contribution in [-0.2, 0) is 4.79 Å². The van der Waals surface area contributed by atoms with Crippen molar-refractivity contribution in [1.82, 2.24) is 15.0 Å². The summed E-state index contributed by atoms with van der Waals surface area (Å²) in [5.41, 5.74) is 4.16. The molecule has 146 valence electrons. The van der Waals surface area contributed by atoms with Crippen molar-refractivity contribution in [2.24, 2.45) is 0 Å². The van der Waals surface area contributed by atoms with E-state index in [1.54, 1.807) is 4.90 Å². The van der Waals surface area contributed by atoms with Crippen molar-refractivity contribution >= 4 is 23.5 Å². The van der Waals surface area contributed by atoms with E-state index in [1.165, 1.54) is 5.56 Å². The molecule has 0 aliphatic rings. The van der Waals surface area contributed by atoms with E-state index < -0.39 is 0 Å². The van der Waals surface area contributed by atoms with Gasteiger partial charge in [-0.05, 0) is 31.9 Å². The number of nitrogens with one attached hydrogen (secondary N) is 1. The Morgan fingerprint density at radius 2 is 1.56 bits per heavy atom. The van der Waals surface area contributed by atoms with Crippen LogP contribution in [0.1, 0.15) is 42.3 Å². The van der Waals surface area contributed by atoms with Crippen molar-refractivity contribution in [2.75, 3.05) is 42.8 Å². The van der Waals surface area contributed by atoms with E-state index in [1.807, 2.05) is 53.7 Å². The monoisotopic (exact) mass is 370 g/mol. The third-order valence-corrected chi connectivity index (χ3v) is 4.21. The van der Waals surface area contributed by atoms with Crippen molar-refractivity contribution in [3.05, 3.63) is 34.6 Å². The van der Waals surface area contributed by atoms with E-state index in [2.05, 4.69) is 39.3 Å². The first-order chi connectivity index (χ1) is 12.6. The molecule has 1 aromatic heterocycles. The van der Waals surface area contributed by atoms with Gasteiger partial charge in [-0.2, -0.15) is 15.0 Å². The van der Waals surface area contributed by atoms with Gasteiger partial charge in [-0.3, -0.25) is 4.79 Å². The first-order valence-electron chi connectivity index (χ1n) is 9.10. The Labute approximate surface area is 161 Å². The van der Waals surface area contributed by atoms with Crippen molar-refractivity contribution in [3.8, 4) is 0 Å². The van der Waals surface area contributed by atoms with Crippen LogP contribution in [-0.4, -0.2) is 48.5 Å². The molecule has 0 saturated heterocycles. The fourth-order valence-corrected chi connectivity index (χ4v) is 2.84. The number of hydrogen-bond donors (Lipinski definition) is 1. The number of aryl methyl sites for hydroxylation is 3. The second-order valence-corrected chi connectivity index (χ2v) is 7.52. The topological polar surface area (TPSA) is 74.2 Å². The maximum absolute atomic E-state index is 12.6. The van der Waals surface area contributed by atoms with Crippen LogP contribution in [0.25, 0.3) is 0 Å². The van der Waals surface area contributed by atoms with Crippen LogP contribution in [0.4, 0.5) is 17.6 Å². The number of anilines is 3. The highest BCUT2D eigenvalue weighted by atomic mass is 16.2. The highest BCUT2D eigenvalue weighted by molar-refractivity contribution is 5.95. The summed E-state index contributed by atoms with van der Waals surface area (Å²) in [4.78, 5) is 29.6. The van der Waals surface area contributed by atoms with E-state index in [0.29, 0.717) is 17.7 Å². The Bertz CT molecular complexity index is 782. The molecule has 1 heterocycles. The molecule has 1 amide bonds. The second-order valence-electron chi connectivity index (χ2n) is 7.52. The molecule has 7 nitrogen and oxygen atoms in total. The third-order valence-electron chi connectivity index (χ3n) is 4.21. The number of rotatable bonds is 6. The molecule has 0 saturated carbocycles. The first-order valence-corrected chi connectivity index (χ1v) is 9.10. The summed E-state index contributed by atoms with van der Waals surface area (Å²) in [5, 5.41) is 3.02. The molecule has 0 bridgehead atoms. The van der Waals surface area contributed by atoms with Gasteiger partial charge < -0.3 is 15.1 Å². The van der Waals surface area contributed by atoms with Gasteiger partial charge in [-0.25, -0.2) is 0 Å². The molecule has 1 aromatic carbocycles. The van der Waals surface area contributed by atoms with Crippen LogP contribution in [0, 0.1) is 20.8 Å². The lowest BCUT2D eigenvalue weighted by Gasteiger charge is -2.21. The molecule has 2 aromatic rings. The summed E-state index contributed by atoms with van der Waals surface area (Å²) in [7, 11) is 5.59. The molecule has 1 N–H and O–H groups in total. The van der Waals surface area contributed by atoms with Gasteiger partial charge in [-0.1, -0.05) is 31.5 Å². The maximum atomic E-state index is 12.6. The summed E-state index contributed by atoms with van der Waals surface area (Å²) < 4.78 is 0. The molecule has 0 radical (unpaired) electrons. The third kappa shape index (κ3) is 5.15. The second kappa shape index (κ2) is 8.33. The Morgan fingerprint density at radius 3 is 2.07 bits per heavy atom. The van der Waals surface area contributed by atoms with Crippen molar-refractivity contribution < 1.29 is 4.79 Å². The van der Waals surface area contributed by atoms with Gasteiger partial charge in [0, 0.05) is 32.7 Å². The number of nitrogens with zero attached hydrogens (tertiary/aromatic N) is 5. The van der Waals surface area contributed by atoms with Crippen LogP contribution in [0.3, 0.4) is 0 Å². The number of aromatic nitrogens is 3. The van der Waals surface area contributed by atoms with Gasteiger partial charge in [0.25, 0.3) is 0 Å². The van der Waals surface area contributed by atoms with Crippen LogP contribution >= 0.6 is 0 Å². The van der Waals surface area contributed by atoms with E-state index in [9.17, 15) is 4.79 Å². The lowest BCUT2D eigenvalue weighted by Crippen LogP contribution is -2.32. The fourth-order valence-electron chi connectivity index (χ4n) is 2.84. The van der Waals surface area contributed by atoms with Gasteiger partial charge in [0.05, 0.1) is 6.54 Å². The molecule has 0 aliphatic heterocycles. The molecule has 0 spiro atoms. The lowest BCUT2D eigenvalue weighted by molar-refractivity contribution is -0.114. The molecule has 2 rings (SSSR count). The number of benzene rings is 1. The van der Waals surface area contributed by atoms with Crippen molar-refractivity contribution in [2.45, 2.75) is 40.5 Å². The number of amides is 1. The molecule has 0 atom stereocenters. The highest BCUT2D eigenvalue weighted by Crippen LogP contribution is 2.22. The molecule has 0 fully saturated rings. The summed E-state index contributed by atoms with van der Waals surface area (Å²) >= 11 is 0. The van der Waals surface area contributed by atoms with E-state index >= 15 is 0 Å². The largest absolute Gasteiger partial charge is 0.347 e. The Hall–Kier alpha value is -2.70. The van der Waals surface area contributed by atoms with Crippen molar-refractivity contribution in [1.29, 1.82) is 0 Å². The quantitative estimate of drug-likeness (QED) is 0.842. The van der Waals surface area contributed by atoms with Crippen LogP contribution in [0.15, 0.2) is 12.1 Å². The Kier molecular flexibility index (Phi) is 6.36. The Balaban J connectivity index is 2.19. The van der Waals surface area contributed by atoms with Gasteiger partial charge in [-0.15, -0.1) is 0 Å². The highest BCUT2D eigenvalue weighted by Gasteiger charge is 2.17. The lowest BCUT2D eigenvalue weighted by atomic mass is 10.1. The summed E-state index contributed by atoms with van der Waals surface area (Å²) in [6.07, 6.45) is 0. The van der Waals surface area contributed by atoms with Crippen molar-refractivity contribution in [3.63, 3.8) is 0 Å². The summed E-state index contributed by atoms with van der Waals surface area (Å²) in [6.45, 7) is 10.3. The van der Waals surface area contributed by atoms with Gasteiger partial charge in [0.15, 0.2) is 0 Å². The smallest absolute Gasteiger partial charge is 0.244 e. The molecule has 7 heteroatoms. The predicted octanol–water partition coefficient (Wildman–Crippen LogP) is 3.06. The predicted molar refractivity (Wildman–Crippen MR) is 111 cm³/mol. The minimum Gasteiger partial charge on any atom is -0.347 e. The zero-order chi connectivity index (χ0) is 20.3. The summed E-state index contributed by atoms with van der Waals surface area (Å²) in [5.74, 6) is 1.85.